The Balaban J connectivity index is 2.62. The van der Waals surface area contributed by atoms with E-state index in [9.17, 15) is 9.90 Å². The van der Waals surface area contributed by atoms with E-state index < -0.39 is 5.97 Å². The van der Waals surface area contributed by atoms with E-state index >= 15 is 0 Å². The third kappa shape index (κ3) is 2.36. The summed E-state index contributed by atoms with van der Waals surface area (Å²) in [6.45, 7) is 1.61. The number of thiazole rings is 1. The zero-order valence-electron chi connectivity index (χ0n) is 9.07. The molecular weight excluding hydrogens is 342 g/mol. The number of hydrogen-bond acceptors (Lipinski definition) is 4. The molecule has 0 fully saturated rings. The smallest absolute Gasteiger partial charge is 0.347 e. The first-order valence-electron chi connectivity index (χ1n) is 4.79. The number of hydrogen-bond donors (Lipinski definition) is 2. The molecule has 0 atom stereocenters. The van der Waals surface area contributed by atoms with Gasteiger partial charge in [-0.3, -0.25) is 0 Å². The van der Waals surface area contributed by atoms with Crippen molar-refractivity contribution in [3.05, 3.63) is 32.2 Å². The lowest BCUT2D eigenvalue weighted by molar-refractivity contribution is 0.0701. The van der Waals surface area contributed by atoms with Gasteiger partial charge in [-0.15, -0.1) is 11.3 Å². The molecule has 0 aliphatic rings. The van der Waals surface area contributed by atoms with Crippen LogP contribution in [0.2, 0.25) is 5.02 Å². The number of aromatic carboxylic acids is 1. The summed E-state index contributed by atoms with van der Waals surface area (Å²) in [5.41, 5.74) is 0.827. The van der Waals surface area contributed by atoms with Crippen LogP contribution in [0.15, 0.2) is 16.6 Å². The molecule has 0 aliphatic carbocycles. The normalized spacial score (nSPS) is 10.6. The van der Waals surface area contributed by atoms with Crippen molar-refractivity contribution in [1.82, 2.24) is 4.98 Å². The van der Waals surface area contributed by atoms with Crippen LogP contribution in [0.25, 0.3) is 10.6 Å². The molecule has 0 saturated carbocycles. The second-order valence-corrected chi connectivity index (χ2v) is 5.81. The Hall–Kier alpha value is -1.11. The van der Waals surface area contributed by atoms with Crippen LogP contribution in [-0.2, 0) is 0 Å². The van der Waals surface area contributed by atoms with Gasteiger partial charge in [0.25, 0.3) is 0 Å². The van der Waals surface area contributed by atoms with Crippen LogP contribution in [-0.4, -0.2) is 21.2 Å². The maximum Gasteiger partial charge on any atom is 0.347 e. The molecule has 94 valence electrons. The van der Waals surface area contributed by atoms with Crippen LogP contribution >= 0.6 is 38.9 Å². The fraction of sp³-hybridized carbons (Fsp3) is 0.0909. The number of carbonyl (C=O) groups is 1. The van der Waals surface area contributed by atoms with Gasteiger partial charge in [0, 0.05) is 5.02 Å². The number of halogens is 2. The van der Waals surface area contributed by atoms with Gasteiger partial charge < -0.3 is 10.2 Å². The Labute approximate surface area is 120 Å². The molecule has 4 nitrogen and oxygen atoms in total. The molecule has 0 unspecified atom stereocenters. The summed E-state index contributed by atoms with van der Waals surface area (Å²) in [4.78, 5) is 15.3. The van der Waals surface area contributed by atoms with E-state index in [1.165, 1.54) is 0 Å². The predicted molar refractivity (Wildman–Crippen MR) is 73.6 cm³/mol. The number of nitrogens with zero attached hydrogens (tertiary/aromatic N) is 1. The maximum atomic E-state index is 11.0. The van der Waals surface area contributed by atoms with Crippen LogP contribution in [0.4, 0.5) is 0 Å². The second-order valence-electron chi connectivity index (χ2n) is 3.52. The quantitative estimate of drug-likeness (QED) is 0.862. The van der Waals surface area contributed by atoms with Gasteiger partial charge in [-0.2, -0.15) is 0 Å². The van der Waals surface area contributed by atoms with Crippen molar-refractivity contribution in [3.63, 3.8) is 0 Å². The Morgan fingerprint density at radius 3 is 2.72 bits per heavy atom. The minimum atomic E-state index is -1.03. The molecule has 7 heteroatoms. The fourth-order valence-corrected chi connectivity index (χ4v) is 3.17. The topological polar surface area (TPSA) is 70.4 Å². The highest BCUT2D eigenvalue weighted by molar-refractivity contribution is 9.10. The number of phenols is 1. The number of benzene rings is 1. The van der Waals surface area contributed by atoms with E-state index in [1.54, 1.807) is 19.1 Å². The van der Waals surface area contributed by atoms with E-state index in [1.807, 2.05) is 0 Å². The Bertz CT molecular complexity index is 641. The van der Waals surface area contributed by atoms with Gasteiger partial charge in [0.1, 0.15) is 15.6 Å². The second kappa shape index (κ2) is 4.87. The van der Waals surface area contributed by atoms with E-state index in [0.29, 0.717) is 25.8 Å². The van der Waals surface area contributed by atoms with E-state index in [0.717, 1.165) is 11.3 Å². The molecule has 2 aromatic rings. The molecular formula is C11H7BrClNO3S. The minimum absolute atomic E-state index is 0.00918. The van der Waals surface area contributed by atoms with Crippen molar-refractivity contribution >= 4 is 44.8 Å². The van der Waals surface area contributed by atoms with Crippen molar-refractivity contribution in [2.75, 3.05) is 0 Å². The molecule has 2 N–H and O–H groups in total. The number of phenolic OH excluding ortho intramolecular Hbond substituents is 1. The lowest BCUT2D eigenvalue weighted by Crippen LogP contribution is -1.94. The monoisotopic (exact) mass is 347 g/mol. The summed E-state index contributed by atoms with van der Waals surface area (Å²) in [5.74, 6) is -1.04. The zero-order valence-corrected chi connectivity index (χ0v) is 12.2. The Morgan fingerprint density at radius 2 is 2.17 bits per heavy atom. The van der Waals surface area contributed by atoms with Crippen molar-refractivity contribution in [2.45, 2.75) is 6.92 Å². The van der Waals surface area contributed by atoms with E-state index in [-0.39, 0.29) is 10.6 Å². The summed E-state index contributed by atoms with van der Waals surface area (Å²) >= 11 is 10.1. The fourth-order valence-electron chi connectivity index (χ4n) is 1.44. The third-order valence-electron chi connectivity index (χ3n) is 2.25. The van der Waals surface area contributed by atoms with Crippen LogP contribution in [0.3, 0.4) is 0 Å². The highest BCUT2D eigenvalue weighted by atomic mass is 79.9. The minimum Gasteiger partial charge on any atom is -0.506 e. The molecule has 0 bridgehead atoms. The molecule has 1 aromatic carbocycles. The number of carboxylic acids is 1. The Kier molecular flexibility index (Phi) is 3.61. The van der Waals surface area contributed by atoms with Crippen LogP contribution in [0, 0.1) is 6.92 Å². The van der Waals surface area contributed by atoms with E-state index in [4.69, 9.17) is 16.7 Å². The Morgan fingerprint density at radius 1 is 1.50 bits per heavy atom. The summed E-state index contributed by atoms with van der Waals surface area (Å²) in [5, 5.41) is 19.8. The van der Waals surface area contributed by atoms with Crippen molar-refractivity contribution in [3.8, 4) is 16.3 Å². The molecule has 1 heterocycles. The SMILES string of the molecule is Cc1nc(-c2cc(Cl)cc(Br)c2O)sc1C(=O)O. The molecule has 0 spiro atoms. The largest absolute Gasteiger partial charge is 0.506 e. The summed E-state index contributed by atoms with van der Waals surface area (Å²) < 4.78 is 0.440. The average Bonchev–Trinajstić information content (AvgIpc) is 2.65. The standard InChI is InChI=1S/C11H7BrClNO3S/c1-4-9(11(16)17)18-10(14-4)6-2-5(13)3-7(12)8(6)15/h2-3,15H,1H3,(H,16,17). The maximum absolute atomic E-state index is 11.0. The first-order chi connectivity index (χ1) is 8.40. The van der Waals surface area contributed by atoms with Gasteiger partial charge >= 0.3 is 5.97 Å². The summed E-state index contributed by atoms with van der Waals surface area (Å²) in [6.07, 6.45) is 0. The molecule has 18 heavy (non-hydrogen) atoms. The zero-order chi connectivity index (χ0) is 13.4. The first-order valence-corrected chi connectivity index (χ1v) is 6.78. The van der Waals surface area contributed by atoms with Gasteiger partial charge in [0.2, 0.25) is 0 Å². The molecule has 0 aliphatic heterocycles. The van der Waals surface area contributed by atoms with Crippen LogP contribution in [0.1, 0.15) is 15.4 Å². The summed E-state index contributed by atoms with van der Waals surface area (Å²) in [7, 11) is 0. The third-order valence-corrected chi connectivity index (χ3v) is 4.25. The van der Waals surface area contributed by atoms with Gasteiger partial charge in [-0.1, -0.05) is 11.6 Å². The van der Waals surface area contributed by atoms with Gasteiger partial charge in [0.15, 0.2) is 0 Å². The highest BCUT2D eigenvalue weighted by Crippen LogP contribution is 2.40. The number of aryl methyl sites for hydroxylation is 1. The molecule has 2 rings (SSSR count). The highest BCUT2D eigenvalue weighted by Gasteiger charge is 2.18. The lowest BCUT2D eigenvalue weighted by Gasteiger charge is -2.04. The van der Waals surface area contributed by atoms with E-state index in [2.05, 4.69) is 20.9 Å². The van der Waals surface area contributed by atoms with Crippen molar-refractivity contribution in [2.24, 2.45) is 0 Å². The van der Waals surface area contributed by atoms with Crippen molar-refractivity contribution in [1.29, 1.82) is 0 Å². The molecule has 1 aromatic heterocycles. The van der Waals surface area contributed by atoms with Crippen molar-refractivity contribution < 1.29 is 15.0 Å². The first kappa shape index (κ1) is 13.3. The molecule has 0 amide bonds. The van der Waals surface area contributed by atoms with Crippen LogP contribution in [0.5, 0.6) is 5.75 Å². The van der Waals surface area contributed by atoms with Gasteiger partial charge in [-0.25, -0.2) is 9.78 Å². The number of rotatable bonds is 2. The van der Waals surface area contributed by atoms with Crippen LogP contribution < -0.4 is 0 Å². The molecule has 0 radical (unpaired) electrons. The summed E-state index contributed by atoms with van der Waals surface area (Å²) in [6, 6.07) is 3.10. The average molecular weight is 349 g/mol. The number of aromatic hydroxyl groups is 1. The molecule has 0 saturated heterocycles. The predicted octanol–water partition coefficient (Wildman–Crippen LogP) is 3.94. The lowest BCUT2D eigenvalue weighted by atomic mass is 10.2. The van der Waals surface area contributed by atoms with Gasteiger partial charge in [-0.05, 0) is 35.0 Å². The number of aromatic nitrogens is 1. The van der Waals surface area contributed by atoms with Gasteiger partial charge in [0.05, 0.1) is 15.7 Å². The number of carboxylic acid groups (broad SMARTS) is 1.